The zero-order valence-electron chi connectivity index (χ0n) is 55.5. The molecule has 0 fully saturated rings. The van der Waals surface area contributed by atoms with Gasteiger partial charge in [0.05, 0.1) is 85.3 Å². The molecule has 8 aromatic carbocycles. The zero-order chi connectivity index (χ0) is 70.2. The van der Waals surface area contributed by atoms with Gasteiger partial charge in [0.2, 0.25) is 23.0 Å². The molecule has 12 N–H and O–H groups in total. The molecule has 4 atom stereocenters. The second-order valence-electron chi connectivity index (χ2n) is 22.5. The second kappa shape index (κ2) is 32.7. The van der Waals surface area contributed by atoms with E-state index >= 15 is 0 Å². The van der Waals surface area contributed by atoms with Crippen LogP contribution >= 0.6 is 0 Å². The van der Waals surface area contributed by atoms with Crippen LogP contribution in [0, 0.1) is 11.8 Å². The highest BCUT2D eigenvalue weighted by Crippen LogP contribution is 2.50. The van der Waals surface area contributed by atoms with Gasteiger partial charge in [-0.1, -0.05) is 0 Å². The van der Waals surface area contributed by atoms with E-state index in [1.54, 1.807) is 0 Å². The Morgan fingerprint density at radius 1 is 0.229 bits per heavy atom. The molecule has 0 heterocycles. The normalized spacial score (nSPS) is 12.2. The number of phenolic OH excluding ortho intramolecular Hbond substituents is 12. The number of aryl methyl sites for hydroxylation is 2. The maximum absolute atomic E-state index is 10.4. The lowest BCUT2D eigenvalue weighted by Gasteiger charge is -2.30. The van der Waals surface area contributed by atoms with E-state index in [1.165, 1.54) is 134 Å². The van der Waals surface area contributed by atoms with Crippen molar-refractivity contribution in [3.05, 3.63) is 142 Å². The number of methoxy groups -OCH3 is 12. The van der Waals surface area contributed by atoms with E-state index in [-0.39, 0.29) is 36.5 Å². The highest BCUT2D eigenvalue weighted by Gasteiger charge is 2.32. The van der Waals surface area contributed by atoms with E-state index in [2.05, 4.69) is 0 Å². The van der Waals surface area contributed by atoms with Crippen LogP contribution in [0.5, 0.6) is 138 Å². The van der Waals surface area contributed by atoms with Crippen LogP contribution in [-0.4, -0.2) is 147 Å². The van der Waals surface area contributed by atoms with Gasteiger partial charge >= 0.3 is 0 Å². The van der Waals surface area contributed by atoms with Crippen molar-refractivity contribution in [2.24, 2.45) is 11.8 Å². The summed E-state index contributed by atoms with van der Waals surface area (Å²) >= 11 is 0. The summed E-state index contributed by atoms with van der Waals surface area (Å²) in [6.45, 7) is 0. The van der Waals surface area contributed by atoms with E-state index in [4.69, 9.17) is 56.8 Å². The SMILES string of the molecule is COc1cc(CC[C@@H](Cc2cc(O)c(O)c(O)c2)[C@H](Cc2cc(O)c(O)c(O)c2)c2cc(OC)c(OC)c(OC)c2)cc(OC)c1OC.COc1cc(CC[C@H](Cc2cc(O)c(O)c(O)c2)[C@@H](Cc2cc(O)c(O)c(O)c2)c2cc(OC)c(OC)c(OC)c2)cc(OC)c1OC. The van der Waals surface area contributed by atoms with Crippen LogP contribution in [0.3, 0.4) is 0 Å². The second-order valence-corrected chi connectivity index (χ2v) is 22.5. The summed E-state index contributed by atoms with van der Waals surface area (Å²) < 4.78 is 67.0. The van der Waals surface area contributed by atoms with Crippen LogP contribution in [0.15, 0.2) is 97.1 Å². The fourth-order valence-electron chi connectivity index (χ4n) is 12.1. The lowest BCUT2D eigenvalue weighted by Crippen LogP contribution is -2.20. The van der Waals surface area contributed by atoms with Gasteiger partial charge in [0.1, 0.15) is 0 Å². The van der Waals surface area contributed by atoms with Crippen molar-refractivity contribution in [3.8, 4) is 138 Å². The predicted molar refractivity (Wildman–Crippen MR) is 354 cm³/mol. The number of phenols is 12. The number of rotatable bonds is 30. The molecule has 24 nitrogen and oxygen atoms in total. The standard InChI is InChI=1S/2C36H42O12/c2*1-43-29-15-19(16-30(44-2)35(29)47-5)7-8-22(9-20-11-25(37)33(41)26(38)12-20)24(10-21-13-27(39)34(42)28(40)14-21)23-17-31(45-3)36(48-6)32(18-23)46-4/h2*11-18,22,24,37-42H,7-10H2,1-6H3/t2*22-,24-/m10/s1. The third-order valence-corrected chi connectivity index (χ3v) is 16.9. The lowest BCUT2D eigenvalue weighted by atomic mass is 9.75. The average Bonchev–Trinajstić information content (AvgIpc) is 0.799. The van der Waals surface area contributed by atoms with Gasteiger partial charge in [0, 0.05) is 0 Å². The molecule has 0 aliphatic rings. The smallest absolute Gasteiger partial charge is 0.203 e. The Balaban J connectivity index is 0.000000271. The van der Waals surface area contributed by atoms with E-state index < -0.39 is 69.0 Å². The van der Waals surface area contributed by atoms with Crippen LogP contribution in [0.2, 0.25) is 0 Å². The Morgan fingerprint density at radius 3 is 0.604 bits per heavy atom. The van der Waals surface area contributed by atoms with Gasteiger partial charge in [-0.05, 0) is 217 Å². The summed E-state index contributed by atoms with van der Waals surface area (Å²) in [6, 6.07) is 25.9. The summed E-state index contributed by atoms with van der Waals surface area (Å²) in [6.07, 6.45) is 3.23. The Bertz CT molecular complexity index is 3530. The molecular weight excluding hydrogens is 1250 g/mol. The fourth-order valence-corrected chi connectivity index (χ4v) is 12.1. The van der Waals surface area contributed by atoms with E-state index in [0.29, 0.717) is 130 Å². The zero-order valence-corrected chi connectivity index (χ0v) is 55.5. The van der Waals surface area contributed by atoms with Gasteiger partial charge in [-0.15, -0.1) is 0 Å². The quantitative estimate of drug-likeness (QED) is 0.0186. The Morgan fingerprint density at radius 2 is 0.417 bits per heavy atom. The van der Waals surface area contributed by atoms with Crippen molar-refractivity contribution in [2.75, 3.05) is 85.3 Å². The van der Waals surface area contributed by atoms with Crippen LogP contribution in [-0.2, 0) is 38.5 Å². The van der Waals surface area contributed by atoms with Crippen molar-refractivity contribution in [2.45, 2.75) is 63.2 Å². The molecule has 0 aliphatic carbocycles. The van der Waals surface area contributed by atoms with Crippen molar-refractivity contribution in [1.82, 2.24) is 0 Å². The molecule has 0 aliphatic heterocycles. The van der Waals surface area contributed by atoms with E-state index in [9.17, 15) is 61.3 Å². The maximum Gasteiger partial charge on any atom is 0.203 e. The number of ether oxygens (including phenoxy) is 12. The molecule has 0 amide bonds. The lowest BCUT2D eigenvalue weighted by molar-refractivity contribution is 0.320. The Kier molecular flexibility index (Phi) is 24.6. The topological polar surface area (TPSA) is 354 Å². The van der Waals surface area contributed by atoms with Gasteiger partial charge < -0.3 is 118 Å². The molecule has 8 rings (SSSR count). The molecule has 0 radical (unpaired) electrons. The van der Waals surface area contributed by atoms with Crippen molar-refractivity contribution in [3.63, 3.8) is 0 Å². The monoisotopic (exact) mass is 1330 g/mol. The minimum atomic E-state index is -0.628. The summed E-state index contributed by atoms with van der Waals surface area (Å²) in [5.41, 5.74) is 5.44. The predicted octanol–water partition coefficient (Wildman–Crippen LogP) is 11.6. The molecule has 0 spiro atoms. The Labute approximate surface area is 555 Å². The molecule has 24 heteroatoms. The van der Waals surface area contributed by atoms with Gasteiger partial charge in [-0.25, -0.2) is 0 Å². The van der Waals surface area contributed by atoms with Crippen LogP contribution in [0.25, 0.3) is 0 Å². The van der Waals surface area contributed by atoms with Crippen LogP contribution in [0.4, 0.5) is 0 Å². The number of hydrogen-bond donors (Lipinski definition) is 12. The number of benzene rings is 8. The molecule has 8 aromatic rings. The largest absolute Gasteiger partial charge is 0.504 e. The maximum atomic E-state index is 10.4. The molecule has 0 unspecified atom stereocenters. The first-order chi connectivity index (χ1) is 45.9. The average molecular weight is 1330 g/mol. The minimum Gasteiger partial charge on any atom is -0.504 e. The first-order valence-electron chi connectivity index (χ1n) is 30.1. The summed E-state index contributed by atoms with van der Waals surface area (Å²) in [5.74, 6) is -2.26. The van der Waals surface area contributed by atoms with Crippen molar-refractivity contribution >= 4 is 0 Å². The molecular formula is C72H84O24. The first kappa shape index (κ1) is 72.4. The van der Waals surface area contributed by atoms with E-state index in [0.717, 1.165) is 22.3 Å². The van der Waals surface area contributed by atoms with Gasteiger partial charge in [-0.3, -0.25) is 0 Å². The van der Waals surface area contributed by atoms with E-state index in [1.807, 2.05) is 48.5 Å². The molecule has 0 saturated carbocycles. The molecule has 0 aromatic heterocycles. The number of aromatic hydroxyl groups is 12. The van der Waals surface area contributed by atoms with Crippen LogP contribution < -0.4 is 56.8 Å². The molecule has 0 bridgehead atoms. The highest BCUT2D eigenvalue weighted by atomic mass is 16.6. The molecule has 516 valence electrons. The fraction of sp³-hybridized carbons (Fsp3) is 0.333. The first-order valence-corrected chi connectivity index (χ1v) is 30.1. The van der Waals surface area contributed by atoms with Gasteiger partial charge in [0.15, 0.2) is 115 Å². The summed E-state index contributed by atoms with van der Waals surface area (Å²) in [5, 5.41) is 123. The Hall–Kier alpha value is -11.0. The third kappa shape index (κ3) is 16.6. The minimum absolute atomic E-state index is 0.260. The molecule has 96 heavy (non-hydrogen) atoms. The number of hydrogen-bond acceptors (Lipinski definition) is 24. The summed E-state index contributed by atoms with van der Waals surface area (Å²) in [4.78, 5) is 0. The van der Waals surface area contributed by atoms with Gasteiger partial charge in [0.25, 0.3) is 0 Å². The summed E-state index contributed by atoms with van der Waals surface area (Å²) in [7, 11) is 18.3. The van der Waals surface area contributed by atoms with Gasteiger partial charge in [-0.2, -0.15) is 0 Å². The van der Waals surface area contributed by atoms with Crippen molar-refractivity contribution in [1.29, 1.82) is 0 Å². The highest BCUT2D eigenvalue weighted by molar-refractivity contribution is 5.60. The third-order valence-electron chi connectivity index (χ3n) is 16.9. The van der Waals surface area contributed by atoms with Crippen LogP contribution in [0.1, 0.15) is 69.2 Å². The molecule has 0 saturated heterocycles. The van der Waals surface area contributed by atoms with Crippen molar-refractivity contribution < 1.29 is 118 Å².